The molecule has 142 valence electrons. The first-order chi connectivity index (χ1) is 13.5. The molecule has 0 fully saturated rings. The Morgan fingerprint density at radius 1 is 1.29 bits per heavy atom. The summed E-state index contributed by atoms with van der Waals surface area (Å²) in [7, 11) is 0. The maximum Gasteiger partial charge on any atom is 0.325 e. The Bertz CT molecular complexity index is 1080. The number of carbonyl (C=O) groups is 1. The zero-order valence-corrected chi connectivity index (χ0v) is 15.7. The molecule has 6 nitrogen and oxygen atoms in total. The molecule has 28 heavy (non-hydrogen) atoms. The molecule has 0 radical (unpaired) electrons. The Morgan fingerprint density at radius 3 is 2.79 bits per heavy atom. The quantitative estimate of drug-likeness (QED) is 0.589. The molecule has 8 heteroatoms. The van der Waals surface area contributed by atoms with Crippen LogP contribution in [0.1, 0.15) is 12.5 Å². The van der Waals surface area contributed by atoms with E-state index >= 15 is 0 Å². The Labute approximate surface area is 165 Å². The molecular formula is C20H16ClFN4O2. The van der Waals surface area contributed by atoms with E-state index in [9.17, 15) is 14.4 Å². The summed E-state index contributed by atoms with van der Waals surface area (Å²) >= 11 is 5.85. The third-order valence-electron chi connectivity index (χ3n) is 3.92. The topological polar surface area (TPSA) is 87.0 Å². The summed E-state index contributed by atoms with van der Waals surface area (Å²) in [6, 6.07) is 11.6. The van der Waals surface area contributed by atoms with Crippen LogP contribution in [0.25, 0.3) is 10.9 Å². The lowest BCUT2D eigenvalue weighted by Crippen LogP contribution is -2.16. The van der Waals surface area contributed by atoms with Crippen LogP contribution in [-0.4, -0.2) is 24.1 Å². The lowest BCUT2D eigenvalue weighted by Gasteiger charge is -2.13. The highest BCUT2D eigenvalue weighted by Gasteiger charge is 2.12. The van der Waals surface area contributed by atoms with Gasteiger partial charge in [0.2, 0.25) is 0 Å². The molecule has 0 atom stereocenters. The van der Waals surface area contributed by atoms with Gasteiger partial charge in [-0.15, -0.1) is 0 Å². The van der Waals surface area contributed by atoms with Gasteiger partial charge in [-0.3, -0.25) is 9.78 Å². The van der Waals surface area contributed by atoms with Gasteiger partial charge in [-0.25, -0.2) is 4.39 Å². The van der Waals surface area contributed by atoms with E-state index in [4.69, 9.17) is 16.3 Å². The zero-order valence-electron chi connectivity index (χ0n) is 14.9. The fourth-order valence-electron chi connectivity index (χ4n) is 2.63. The summed E-state index contributed by atoms with van der Waals surface area (Å²) in [4.78, 5) is 15.8. The van der Waals surface area contributed by atoms with Crippen molar-refractivity contribution in [2.75, 3.05) is 23.8 Å². The molecule has 0 spiro atoms. The van der Waals surface area contributed by atoms with E-state index in [1.807, 2.05) is 0 Å². The molecule has 0 unspecified atom stereocenters. The van der Waals surface area contributed by atoms with Crippen LogP contribution in [0.15, 0.2) is 42.6 Å². The van der Waals surface area contributed by atoms with Crippen molar-refractivity contribution in [3.63, 3.8) is 0 Å². The highest BCUT2D eigenvalue weighted by Crippen LogP contribution is 2.31. The van der Waals surface area contributed by atoms with Crippen molar-refractivity contribution in [1.82, 2.24) is 4.98 Å². The summed E-state index contributed by atoms with van der Waals surface area (Å²) in [5, 5.41) is 16.2. The van der Waals surface area contributed by atoms with E-state index in [0.717, 1.165) is 0 Å². The van der Waals surface area contributed by atoms with Gasteiger partial charge in [-0.2, -0.15) is 5.26 Å². The number of ether oxygens (including phenoxy) is 1. The number of benzene rings is 2. The Hall–Kier alpha value is -3.37. The van der Waals surface area contributed by atoms with Gasteiger partial charge in [-0.05, 0) is 43.3 Å². The molecule has 0 saturated heterocycles. The molecule has 2 N–H and O–H groups in total. The van der Waals surface area contributed by atoms with Gasteiger partial charge < -0.3 is 15.4 Å². The first-order valence-electron chi connectivity index (χ1n) is 8.46. The SMILES string of the molecule is CCOC(=O)CNc1ccc2ncc(C#N)c(Nc3ccc(F)c(Cl)c3)c2c1. The number of rotatable bonds is 6. The van der Waals surface area contributed by atoms with Crippen molar-refractivity contribution < 1.29 is 13.9 Å². The van der Waals surface area contributed by atoms with Crippen LogP contribution in [0.2, 0.25) is 5.02 Å². The predicted octanol–water partition coefficient (Wildman–Crippen LogP) is 4.62. The number of carbonyl (C=O) groups excluding carboxylic acids is 1. The van der Waals surface area contributed by atoms with Gasteiger partial charge in [-0.1, -0.05) is 11.6 Å². The molecule has 3 aromatic rings. The number of nitrogens with one attached hydrogen (secondary N) is 2. The molecule has 2 aromatic carbocycles. The number of nitriles is 1. The van der Waals surface area contributed by atoms with Crippen LogP contribution in [0.4, 0.5) is 21.5 Å². The van der Waals surface area contributed by atoms with Gasteiger partial charge >= 0.3 is 5.97 Å². The number of halogens is 2. The minimum Gasteiger partial charge on any atom is -0.465 e. The van der Waals surface area contributed by atoms with Gasteiger partial charge in [0.1, 0.15) is 18.4 Å². The Kier molecular flexibility index (Phi) is 5.92. The number of pyridine rings is 1. The molecule has 0 aliphatic carbocycles. The second-order valence-corrected chi connectivity index (χ2v) is 6.21. The minimum absolute atomic E-state index is 0.0149. The number of anilines is 3. The van der Waals surface area contributed by atoms with Crippen LogP contribution in [0.3, 0.4) is 0 Å². The molecule has 1 heterocycles. The summed E-state index contributed by atoms with van der Waals surface area (Å²) in [5.74, 6) is -0.899. The number of esters is 1. The fourth-order valence-corrected chi connectivity index (χ4v) is 2.81. The van der Waals surface area contributed by atoms with Gasteiger partial charge in [0.05, 0.1) is 28.4 Å². The third kappa shape index (κ3) is 4.30. The maximum absolute atomic E-state index is 13.4. The van der Waals surface area contributed by atoms with Crippen molar-refractivity contribution in [2.24, 2.45) is 0 Å². The average molecular weight is 399 g/mol. The van der Waals surface area contributed by atoms with Gasteiger partial charge in [0, 0.05) is 23.0 Å². The highest BCUT2D eigenvalue weighted by atomic mass is 35.5. The average Bonchev–Trinajstić information content (AvgIpc) is 2.69. The lowest BCUT2D eigenvalue weighted by atomic mass is 10.1. The largest absolute Gasteiger partial charge is 0.465 e. The molecule has 0 bridgehead atoms. The van der Waals surface area contributed by atoms with Crippen LogP contribution in [-0.2, 0) is 9.53 Å². The molecule has 1 aromatic heterocycles. The van der Waals surface area contributed by atoms with Crippen LogP contribution in [0.5, 0.6) is 0 Å². The molecule has 0 aliphatic rings. The Balaban J connectivity index is 1.98. The van der Waals surface area contributed by atoms with Crippen molar-refractivity contribution >= 4 is 45.5 Å². The molecular weight excluding hydrogens is 383 g/mol. The predicted molar refractivity (Wildman–Crippen MR) is 106 cm³/mol. The first-order valence-corrected chi connectivity index (χ1v) is 8.84. The van der Waals surface area contributed by atoms with E-state index < -0.39 is 5.82 Å². The Morgan fingerprint density at radius 2 is 2.07 bits per heavy atom. The van der Waals surface area contributed by atoms with Crippen LogP contribution < -0.4 is 10.6 Å². The van der Waals surface area contributed by atoms with Crippen LogP contribution in [0, 0.1) is 17.1 Å². The fraction of sp³-hybridized carbons (Fsp3) is 0.150. The summed E-state index contributed by atoms with van der Waals surface area (Å²) < 4.78 is 18.3. The second-order valence-electron chi connectivity index (χ2n) is 5.80. The first kappa shape index (κ1) is 19.4. The number of hydrogen-bond acceptors (Lipinski definition) is 6. The van der Waals surface area contributed by atoms with E-state index in [-0.39, 0.29) is 17.5 Å². The highest BCUT2D eigenvalue weighted by molar-refractivity contribution is 6.31. The molecule has 0 saturated carbocycles. The number of aromatic nitrogens is 1. The van der Waals surface area contributed by atoms with Crippen LogP contribution >= 0.6 is 11.6 Å². The summed E-state index contributed by atoms with van der Waals surface area (Å²) in [6.07, 6.45) is 1.46. The van der Waals surface area contributed by atoms with Crippen molar-refractivity contribution in [3.8, 4) is 6.07 Å². The van der Waals surface area contributed by atoms with Crippen molar-refractivity contribution in [2.45, 2.75) is 6.92 Å². The minimum atomic E-state index is -0.530. The van der Waals surface area contributed by atoms with Crippen molar-refractivity contribution in [3.05, 3.63) is 59.0 Å². The summed E-state index contributed by atoms with van der Waals surface area (Å²) in [5.41, 5.74) is 2.67. The zero-order chi connectivity index (χ0) is 20.1. The van der Waals surface area contributed by atoms with E-state index in [1.165, 1.54) is 24.4 Å². The second kappa shape index (κ2) is 8.55. The molecule has 0 aliphatic heterocycles. The van der Waals surface area contributed by atoms with E-state index in [1.54, 1.807) is 25.1 Å². The number of hydrogen-bond donors (Lipinski definition) is 2. The van der Waals surface area contributed by atoms with Gasteiger partial charge in [0.25, 0.3) is 0 Å². The summed E-state index contributed by atoms with van der Waals surface area (Å²) in [6.45, 7) is 2.06. The lowest BCUT2D eigenvalue weighted by molar-refractivity contribution is -0.140. The monoisotopic (exact) mass is 398 g/mol. The van der Waals surface area contributed by atoms with E-state index in [0.29, 0.717) is 40.1 Å². The molecule has 3 rings (SSSR count). The smallest absolute Gasteiger partial charge is 0.325 e. The molecule has 0 amide bonds. The standard InChI is InChI=1S/C20H16ClFN4O2/c1-2-28-19(27)11-24-13-4-6-18-15(7-13)20(12(9-23)10-25-18)26-14-3-5-17(22)16(21)8-14/h3-8,10,24H,2,11H2,1H3,(H,25,26). The number of nitrogens with zero attached hydrogens (tertiary/aromatic N) is 2. The third-order valence-corrected chi connectivity index (χ3v) is 4.21. The van der Waals surface area contributed by atoms with Crippen molar-refractivity contribution in [1.29, 1.82) is 5.26 Å². The van der Waals surface area contributed by atoms with Gasteiger partial charge in [0.15, 0.2) is 0 Å². The normalized spacial score (nSPS) is 10.4. The van der Waals surface area contributed by atoms with E-state index in [2.05, 4.69) is 21.7 Å². The number of fused-ring (bicyclic) bond motifs is 1. The maximum atomic E-state index is 13.4.